The number of methoxy groups -OCH3 is 1. The Balaban J connectivity index is 2.03. The molecule has 2 atom stereocenters. The van der Waals surface area contributed by atoms with Gasteiger partial charge in [-0.25, -0.2) is 5.01 Å². The summed E-state index contributed by atoms with van der Waals surface area (Å²) in [6.45, 7) is 6.68. The summed E-state index contributed by atoms with van der Waals surface area (Å²) in [4.78, 5) is 12.8. The molecule has 116 valence electrons. The molecule has 0 saturated carbocycles. The van der Waals surface area contributed by atoms with Gasteiger partial charge in [-0.1, -0.05) is 6.42 Å². The number of piperidine rings is 2. The molecule has 5 nitrogen and oxygen atoms in total. The van der Waals surface area contributed by atoms with Crippen LogP contribution in [0.25, 0.3) is 0 Å². The Morgan fingerprint density at radius 3 is 2.45 bits per heavy atom. The molecule has 2 unspecified atom stereocenters. The van der Waals surface area contributed by atoms with Gasteiger partial charge in [0, 0.05) is 19.2 Å². The molecule has 2 aliphatic rings. The van der Waals surface area contributed by atoms with Gasteiger partial charge in [0.2, 0.25) is 5.91 Å². The van der Waals surface area contributed by atoms with E-state index in [2.05, 4.69) is 29.6 Å². The molecule has 2 saturated heterocycles. The molecule has 1 amide bonds. The normalized spacial score (nSPS) is 30.9. The number of hydrazine groups is 1. The molecular formula is C15H29N3O2. The topological polar surface area (TPSA) is 53.6 Å². The smallest absolute Gasteiger partial charge is 0.242 e. The summed E-state index contributed by atoms with van der Waals surface area (Å²) in [5.41, 5.74) is 2.84. The Morgan fingerprint density at radius 2 is 1.90 bits per heavy atom. The van der Waals surface area contributed by atoms with Crippen molar-refractivity contribution in [3.63, 3.8) is 0 Å². The van der Waals surface area contributed by atoms with E-state index in [0.29, 0.717) is 18.7 Å². The second kappa shape index (κ2) is 6.87. The zero-order valence-corrected chi connectivity index (χ0v) is 13.1. The number of hydrogen-bond acceptors (Lipinski definition) is 4. The molecular weight excluding hydrogens is 254 g/mol. The fourth-order valence-corrected chi connectivity index (χ4v) is 3.50. The number of carbonyl (C=O) groups is 1. The molecule has 0 radical (unpaired) electrons. The van der Waals surface area contributed by atoms with Crippen LogP contribution in [0.1, 0.15) is 46.0 Å². The minimum atomic E-state index is -0.364. The highest BCUT2D eigenvalue weighted by atomic mass is 16.5. The molecule has 2 fully saturated rings. The van der Waals surface area contributed by atoms with Gasteiger partial charge in [-0.15, -0.1) is 0 Å². The molecule has 2 N–H and O–H groups in total. The minimum absolute atomic E-state index is 0.140. The van der Waals surface area contributed by atoms with E-state index in [0.717, 1.165) is 38.8 Å². The van der Waals surface area contributed by atoms with Crippen LogP contribution < -0.4 is 10.7 Å². The number of rotatable bonds is 4. The lowest BCUT2D eigenvalue weighted by molar-refractivity contribution is -0.145. The molecule has 20 heavy (non-hydrogen) atoms. The number of nitrogens with one attached hydrogen (secondary N) is 2. The van der Waals surface area contributed by atoms with Crippen molar-refractivity contribution in [1.82, 2.24) is 15.8 Å². The van der Waals surface area contributed by atoms with E-state index in [4.69, 9.17) is 4.74 Å². The average molecular weight is 283 g/mol. The maximum Gasteiger partial charge on any atom is 0.242 e. The lowest BCUT2D eigenvalue weighted by atomic mass is 9.79. The van der Waals surface area contributed by atoms with Crippen molar-refractivity contribution in [3.05, 3.63) is 0 Å². The lowest BCUT2D eigenvalue weighted by Gasteiger charge is -2.42. The van der Waals surface area contributed by atoms with Crippen LogP contribution in [-0.2, 0) is 9.53 Å². The molecule has 2 rings (SSSR count). The zero-order chi connectivity index (χ0) is 14.6. The van der Waals surface area contributed by atoms with Crippen LogP contribution in [0.4, 0.5) is 0 Å². The van der Waals surface area contributed by atoms with E-state index >= 15 is 0 Å². The highest BCUT2D eigenvalue weighted by Crippen LogP contribution is 2.30. The molecule has 2 aliphatic heterocycles. The van der Waals surface area contributed by atoms with E-state index in [1.807, 2.05) is 0 Å². The average Bonchev–Trinajstić information content (AvgIpc) is 2.44. The third-order valence-electron chi connectivity index (χ3n) is 4.89. The Morgan fingerprint density at radius 1 is 1.30 bits per heavy atom. The highest BCUT2D eigenvalue weighted by molar-refractivity contribution is 5.82. The Kier molecular flexibility index (Phi) is 5.41. The molecule has 0 spiro atoms. The van der Waals surface area contributed by atoms with Crippen molar-refractivity contribution in [1.29, 1.82) is 0 Å². The Bertz CT molecular complexity index is 314. The van der Waals surface area contributed by atoms with Crippen LogP contribution in [0.2, 0.25) is 0 Å². The number of hydrogen-bond donors (Lipinski definition) is 2. The van der Waals surface area contributed by atoms with Gasteiger partial charge in [-0.05, 0) is 52.6 Å². The van der Waals surface area contributed by atoms with Gasteiger partial charge in [-0.3, -0.25) is 10.2 Å². The van der Waals surface area contributed by atoms with E-state index in [1.54, 1.807) is 7.11 Å². The summed E-state index contributed by atoms with van der Waals surface area (Å²) in [5, 5.41) is 5.48. The predicted molar refractivity (Wildman–Crippen MR) is 79.2 cm³/mol. The van der Waals surface area contributed by atoms with Crippen LogP contribution in [0.5, 0.6) is 0 Å². The van der Waals surface area contributed by atoms with E-state index in [9.17, 15) is 4.79 Å². The van der Waals surface area contributed by atoms with Crippen molar-refractivity contribution < 1.29 is 9.53 Å². The zero-order valence-electron chi connectivity index (χ0n) is 13.1. The molecule has 0 aromatic rings. The van der Waals surface area contributed by atoms with Gasteiger partial charge in [-0.2, -0.15) is 0 Å². The summed E-state index contributed by atoms with van der Waals surface area (Å²) in [5.74, 6) is 0.140. The van der Waals surface area contributed by atoms with Crippen LogP contribution >= 0.6 is 0 Å². The van der Waals surface area contributed by atoms with Crippen LogP contribution in [-0.4, -0.2) is 49.8 Å². The lowest BCUT2D eigenvalue weighted by Crippen LogP contribution is -2.59. The molecule has 0 bridgehead atoms. The predicted octanol–water partition coefficient (Wildman–Crippen LogP) is 1.30. The van der Waals surface area contributed by atoms with Crippen molar-refractivity contribution in [2.45, 2.75) is 58.0 Å². The summed E-state index contributed by atoms with van der Waals surface area (Å²) in [7, 11) is 1.68. The first-order valence-electron chi connectivity index (χ1n) is 7.88. The molecule has 0 aromatic carbocycles. The van der Waals surface area contributed by atoms with Gasteiger partial charge in [0.1, 0.15) is 0 Å². The first-order valence-corrected chi connectivity index (χ1v) is 7.88. The van der Waals surface area contributed by atoms with Gasteiger partial charge in [0.15, 0.2) is 0 Å². The van der Waals surface area contributed by atoms with Gasteiger partial charge in [0.25, 0.3) is 0 Å². The fraction of sp³-hybridized carbons (Fsp3) is 0.933. The highest BCUT2D eigenvalue weighted by Gasteiger charge is 2.41. The summed E-state index contributed by atoms with van der Waals surface area (Å²) in [6.07, 6.45) is 5.27. The first kappa shape index (κ1) is 15.7. The monoisotopic (exact) mass is 283 g/mol. The largest absolute Gasteiger partial charge is 0.384 e. The van der Waals surface area contributed by atoms with Gasteiger partial charge < -0.3 is 10.1 Å². The van der Waals surface area contributed by atoms with Gasteiger partial charge >= 0.3 is 0 Å². The summed E-state index contributed by atoms with van der Waals surface area (Å²) in [6, 6.07) is 0.841. The molecule has 0 aliphatic carbocycles. The van der Waals surface area contributed by atoms with Crippen LogP contribution in [0, 0.1) is 5.41 Å². The van der Waals surface area contributed by atoms with Crippen LogP contribution in [0.15, 0.2) is 0 Å². The summed E-state index contributed by atoms with van der Waals surface area (Å²) >= 11 is 0. The van der Waals surface area contributed by atoms with E-state index in [1.165, 1.54) is 6.42 Å². The third kappa shape index (κ3) is 3.32. The van der Waals surface area contributed by atoms with Gasteiger partial charge in [0.05, 0.1) is 12.0 Å². The molecule has 2 heterocycles. The maximum atomic E-state index is 12.8. The second-order valence-corrected chi connectivity index (χ2v) is 6.44. The van der Waals surface area contributed by atoms with Crippen molar-refractivity contribution >= 4 is 5.91 Å². The van der Waals surface area contributed by atoms with E-state index < -0.39 is 0 Å². The standard InChI is InChI=1S/C15H29N3O2/c1-12-5-4-6-13(2)18(12)17-14(19)15(11-20-3)7-9-16-10-8-15/h12-13,16H,4-11H2,1-3H3,(H,17,19). The van der Waals surface area contributed by atoms with Crippen LogP contribution in [0.3, 0.4) is 0 Å². The Labute approximate surface area is 122 Å². The quantitative estimate of drug-likeness (QED) is 0.816. The number of amides is 1. The second-order valence-electron chi connectivity index (χ2n) is 6.44. The van der Waals surface area contributed by atoms with E-state index in [-0.39, 0.29) is 11.3 Å². The number of nitrogens with zero attached hydrogens (tertiary/aromatic N) is 1. The molecule has 0 aromatic heterocycles. The fourth-order valence-electron chi connectivity index (χ4n) is 3.50. The first-order chi connectivity index (χ1) is 9.59. The maximum absolute atomic E-state index is 12.8. The van der Waals surface area contributed by atoms with Crippen molar-refractivity contribution in [3.8, 4) is 0 Å². The third-order valence-corrected chi connectivity index (χ3v) is 4.89. The van der Waals surface area contributed by atoms with Crippen molar-refractivity contribution in [2.75, 3.05) is 26.8 Å². The number of ether oxygens (including phenoxy) is 1. The molecule has 5 heteroatoms. The Hall–Kier alpha value is -0.650. The number of carbonyl (C=O) groups excluding carboxylic acids is 1. The summed E-state index contributed by atoms with van der Waals surface area (Å²) < 4.78 is 5.34. The van der Waals surface area contributed by atoms with Crippen molar-refractivity contribution in [2.24, 2.45) is 5.41 Å². The SMILES string of the molecule is COCC1(C(=O)NN2C(C)CCCC2C)CCNCC1. The minimum Gasteiger partial charge on any atom is -0.384 e.